The van der Waals surface area contributed by atoms with Crippen molar-refractivity contribution in [3.63, 3.8) is 0 Å². The molecule has 2 aliphatic heterocycles. The number of carbonyl (C=O) groups excluding carboxylic acids is 2. The Hall–Kier alpha value is -3.59. The lowest BCUT2D eigenvalue weighted by Crippen LogP contribution is -2.57. The minimum atomic E-state index is -5.15. The first-order valence-electron chi connectivity index (χ1n) is 9.95. The molecule has 33 heavy (non-hydrogen) atoms. The Balaban J connectivity index is 2.17. The summed E-state index contributed by atoms with van der Waals surface area (Å²) in [6.07, 6.45) is -4.82. The molecule has 0 amide bonds. The van der Waals surface area contributed by atoms with Gasteiger partial charge < -0.3 is 19.1 Å². The molecule has 172 valence electrons. The first-order valence-corrected chi connectivity index (χ1v) is 9.95. The number of alkyl halides is 3. The highest BCUT2D eigenvalue weighted by Crippen LogP contribution is 2.57. The van der Waals surface area contributed by atoms with Gasteiger partial charge in [0.1, 0.15) is 11.3 Å². The molecule has 0 aromatic heterocycles. The van der Waals surface area contributed by atoms with Crippen LogP contribution in [0.1, 0.15) is 29.8 Å². The number of esters is 2. The van der Waals surface area contributed by atoms with Crippen LogP contribution in [0.3, 0.4) is 0 Å². The van der Waals surface area contributed by atoms with Crippen molar-refractivity contribution < 1.29 is 37.0 Å². The Morgan fingerprint density at radius 2 is 1.58 bits per heavy atom. The van der Waals surface area contributed by atoms with E-state index in [0.717, 1.165) is 14.2 Å². The normalized spacial score (nSPS) is 22.2. The fourth-order valence-corrected chi connectivity index (χ4v) is 4.31. The highest BCUT2D eigenvalue weighted by Gasteiger charge is 2.68. The number of allylic oxidation sites excluding steroid dienone is 1. The number of fused-ring (bicyclic) bond motifs is 3. The summed E-state index contributed by atoms with van der Waals surface area (Å²) in [4.78, 5) is 27.2. The predicted molar refractivity (Wildman–Crippen MR) is 111 cm³/mol. The summed E-state index contributed by atoms with van der Waals surface area (Å²) in [5.41, 5.74) is -3.84. The van der Waals surface area contributed by atoms with Gasteiger partial charge in [-0.05, 0) is 24.1 Å². The second-order valence-electron chi connectivity index (χ2n) is 7.51. The van der Waals surface area contributed by atoms with Crippen molar-refractivity contribution in [1.82, 2.24) is 4.90 Å². The van der Waals surface area contributed by atoms with E-state index in [1.54, 1.807) is 37.3 Å². The van der Waals surface area contributed by atoms with Gasteiger partial charge in [-0.3, -0.25) is 0 Å². The van der Waals surface area contributed by atoms with Crippen LogP contribution in [-0.2, 0) is 29.4 Å². The van der Waals surface area contributed by atoms with Crippen LogP contribution in [0, 0.1) is 0 Å². The van der Waals surface area contributed by atoms with Gasteiger partial charge in [0, 0.05) is 11.3 Å². The van der Waals surface area contributed by atoms with Gasteiger partial charge in [0.2, 0.25) is 5.60 Å². The molecule has 0 fully saturated rings. The Morgan fingerprint density at radius 1 is 0.970 bits per heavy atom. The lowest BCUT2D eigenvalue weighted by Gasteiger charge is -2.50. The van der Waals surface area contributed by atoms with Crippen LogP contribution in [-0.4, -0.2) is 37.2 Å². The summed E-state index contributed by atoms with van der Waals surface area (Å²) in [5, 5.41) is 0. The first kappa shape index (κ1) is 22.6. The molecule has 0 saturated heterocycles. The number of hydrogen-bond donors (Lipinski definition) is 0. The van der Waals surface area contributed by atoms with Gasteiger partial charge in [0.15, 0.2) is 6.23 Å². The highest BCUT2D eigenvalue weighted by atomic mass is 19.4. The van der Waals surface area contributed by atoms with Gasteiger partial charge in [0.25, 0.3) is 0 Å². The molecule has 6 nitrogen and oxygen atoms in total. The molecular weight excluding hydrogens is 439 g/mol. The summed E-state index contributed by atoms with van der Waals surface area (Å²) < 4.78 is 60.6. The van der Waals surface area contributed by atoms with E-state index in [9.17, 15) is 9.59 Å². The summed E-state index contributed by atoms with van der Waals surface area (Å²) in [6.45, 7) is 1.60. The summed E-state index contributed by atoms with van der Waals surface area (Å²) in [5.74, 6) is -2.48. The zero-order chi connectivity index (χ0) is 24.0. The zero-order valence-corrected chi connectivity index (χ0v) is 18.0. The van der Waals surface area contributed by atoms with E-state index in [0.29, 0.717) is 16.8 Å². The molecule has 2 aromatic carbocycles. The zero-order valence-electron chi connectivity index (χ0n) is 18.0. The third-order valence-electron chi connectivity index (χ3n) is 5.71. The van der Waals surface area contributed by atoms with Crippen LogP contribution < -0.4 is 0 Å². The average Bonchev–Trinajstić information content (AvgIpc) is 2.81. The van der Waals surface area contributed by atoms with E-state index in [1.807, 2.05) is 0 Å². The predicted octanol–water partition coefficient (Wildman–Crippen LogP) is 4.45. The van der Waals surface area contributed by atoms with Crippen molar-refractivity contribution in [2.45, 2.75) is 24.9 Å². The first-order chi connectivity index (χ1) is 15.7. The van der Waals surface area contributed by atoms with E-state index < -0.39 is 41.2 Å². The second-order valence-corrected chi connectivity index (χ2v) is 7.51. The third kappa shape index (κ3) is 3.31. The van der Waals surface area contributed by atoms with Crippen LogP contribution in [0.4, 0.5) is 13.2 Å². The van der Waals surface area contributed by atoms with E-state index >= 15 is 13.2 Å². The number of methoxy groups -OCH3 is 2. The number of benzene rings is 2. The van der Waals surface area contributed by atoms with Crippen LogP contribution >= 0.6 is 0 Å². The van der Waals surface area contributed by atoms with E-state index in [4.69, 9.17) is 14.2 Å². The minimum Gasteiger partial charge on any atom is -0.466 e. The van der Waals surface area contributed by atoms with Crippen LogP contribution in [0.2, 0.25) is 0 Å². The molecule has 2 aromatic rings. The van der Waals surface area contributed by atoms with Gasteiger partial charge in [-0.25, -0.2) is 9.59 Å². The molecule has 9 heteroatoms. The molecule has 2 aliphatic rings. The molecule has 0 aliphatic carbocycles. The maximum absolute atomic E-state index is 15.0. The standard InChI is InChI=1S/C24H20F3NO5/c1-14-13-15-9-7-8-12-17(15)20-28(14)19(22(30)32-3)18(21(29)31-2)23(33-20,24(25,26)27)16-10-5-4-6-11-16/h4-13,20H,1-3H3. The lowest BCUT2D eigenvalue weighted by molar-refractivity contribution is -0.304. The van der Waals surface area contributed by atoms with E-state index in [2.05, 4.69) is 0 Å². The number of rotatable bonds is 3. The SMILES string of the molecule is COC(=O)C1=C(C(=O)OC)C(c2ccccc2)(C(F)(F)F)OC2c3ccccc3C=C(C)N12. The quantitative estimate of drug-likeness (QED) is 0.632. The highest BCUT2D eigenvalue weighted by molar-refractivity contribution is 6.02. The van der Waals surface area contributed by atoms with Crippen LogP contribution in [0.15, 0.2) is 71.6 Å². The van der Waals surface area contributed by atoms with Gasteiger partial charge in [-0.2, -0.15) is 13.2 Å². The Labute approximate surface area is 187 Å². The minimum absolute atomic E-state index is 0.372. The maximum Gasteiger partial charge on any atom is 0.426 e. The molecule has 0 bridgehead atoms. The van der Waals surface area contributed by atoms with Crippen LogP contribution in [0.5, 0.6) is 0 Å². The Kier molecular flexibility index (Phi) is 5.53. The van der Waals surface area contributed by atoms with Gasteiger partial charge in [-0.1, -0.05) is 54.6 Å². The smallest absolute Gasteiger partial charge is 0.426 e. The third-order valence-corrected chi connectivity index (χ3v) is 5.71. The fraction of sp³-hybridized carbons (Fsp3) is 0.250. The van der Waals surface area contributed by atoms with E-state index in [-0.39, 0.29) is 5.56 Å². The second kappa shape index (κ2) is 8.08. The molecule has 0 spiro atoms. The van der Waals surface area contributed by atoms with Crippen molar-refractivity contribution in [2.24, 2.45) is 0 Å². The van der Waals surface area contributed by atoms with Crippen molar-refractivity contribution in [3.05, 3.63) is 88.3 Å². The molecule has 0 N–H and O–H groups in total. The van der Waals surface area contributed by atoms with Crippen molar-refractivity contribution >= 4 is 18.0 Å². The van der Waals surface area contributed by atoms with Crippen molar-refractivity contribution in [2.75, 3.05) is 14.2 Å². The number of ether oxygens (including phenoxy) is 3. The number of halogens is 3. The molecule has 2 atom stereocenters. The number of nitrogens with zero attached hydrogens (tertiary/aromatic N) is 1. The van der Waals surface area contributed by atoms with Gasteiger partial charge in [0.05, 0.1) is 14.2 Å². The largest absolute Gasteiger partial charge is 0.466 e. The number of carbonyl (C=O) groups is 2. The van der Waals surface area contributed by atoms with Crippen molar-refractivity contribution in [1.29, 1.82) is 0 Å². The Morgan fingerprint density at radius 3 is 2.18 bits per heavy atom. The topological polar surface area (TPSA) is 65.1 Å². The monoisotopic (exact) mass is 459 g/mol. The van der Waals surface area contributed by atoms with Crippen LogP contribution in [0.25, 0.3) is 6.08 Å². The fourth-order valence-electron chi connectivity index (χ4n) is 4.31. The molecular formula is C24H20F3NO5. The summed E-state index contributed by atoms with van der Waals surface area (Å²) >= 11 is 0. The number of hydrogen-bond acceptors (Lipinski definition) is 6. The molecule has 4 rings (SSSR count). The summed E-state index contributed by atoms with van der Waals surface area (Å²) in [6, 6.07) is 13.5. The maximum atomic E-state index is 15.0. The lowest BCUT2D eigenvalue weighted by atomic mass is 9.80. The van der Waals surface area contributed by atoms with Gasteiger partial charge in [-0.15, -0.1) is 0 Å². The molecule has 2 heterocycles. The molecule has 0 saturated carbocycles. The van der Waals surface area contributed by atoms with Gasteiger partial charge >= 0.3 is 18.1 Å². The Bertz CT molecular complexity index is 1170. The molecule has 2 unspecified atom stereocenters. The summed E-state index contributed by atoms with van der Waals surface area (Å²) in [7, 11) is 1.97. The van der Waals surface area contributed by atoms with E-state index in [1.165, 1.54) is 35.2 Å². The van der Waals surface area contributed by atoms with Crippen molar-refractivity contribution in [3.8, 4) is 0 Å². The average molecular weight is 459 g/mol. The molecule has 0 radical (unpaired) electrons.